The minimum atomic E-state index is -4.45. The van der Waals surface area contributed by atoms with Crippen molar-refractivity contribution in [3.05, 3.63) is 60.8 Å². The first-order valence-electron chi connectivity index (χ1n) is 32.6. The average Bonchev–Trinajstić information content (AvgIpc) is 3.39. The first-order valence-corrected chi connectivity index (χ1v) is 34.1. The van der Waals surface area contributed by atoms with E-state index in [4.69, 9.17) is 13.8 Å². The molecule has 450 valence electrons. The van der Waals surface area contributed by atoms with E-state index < -0.39 is 20.0 Å². The van der Waals surface area contributed by atoms with E-state index >= 15 is 0 Å². The van der Waals surface area contributed by atoms with E-state index in [0.717, 1.165) is 83.5 Å². The van der Waals surface area contributed by atoms with Gasteiger partial charge >= 0.3 is 13.8 Å². The van der Waals surface area contributed by atoms with E-state index in [1.807, 2.05) is 33.3 Å². The molecule has 0 fully saturated rings. The SMILES string of the molecule is CCCCC/C=C\C/C=C\CCCCCCCCCCCCCC(=O)NC(COP(=O)(O)OCC[N+](C)(C)C)C(/C=C\CCCCCCCCCCCCC)OC(=O)CCCCCCCCC/C=C\C/C=C\CCCCC. The molecule has 0 rings (SSSR count). The Bertz CT molecular complexity index is 1500. The number of likely N-dealkylation sites (N-methyl/N-ethyl adjacent to an activating group) is 1. The molecule has 0 aromatic rings. The summed E-state index contributed by atoms with van der Waals surface area (Å²) >= 11 is 0. The summed E-state index contributed by atoms with van der Waals surface area (Å²) in [4.78, 5) is 37.8. The van der Waals surface area contributed by atoms with Crippen molar-refractivity contribution in [2.45, 2.75) is 315 Å². The van der Waals surface area contributed by atoms with Crippen LogP contribution in [-0.4, -0.2) is 74.3 Å². The Balaban J connectivity index is 5.23. The molecule has 0 radical (unpaired) electrons. The van der Waals surface area contributed by atoms with E-state index in [9.17, 15) is 19.0 Å². The number of phosphoric acid groups is 1. The molecule has 3 unspecified atom stereocenters. The first kappa shape index (κ1) is 74.7. The molecule has 0 saturated carbocycles. The van der Waals surface area contributed by atoms with Crippen LogP contribution in [0.25, 0.3) is 0 Å². The molecule has 0 heterocycles. The summed E-state index contributed by atoms with van der Waals surface area (Å²) in [5.41, 5.74) is 0. The van der Waals surface area contributed by atoms with Crippen molar-refractivity contribution >= 4 is 19.7 Å². The second-order valence-electron chi connectivity index (χ2n) is 23.3. The third kappa shape index (κ3) is 58.2. The van der Waals surface area contributed by atoms with Gasteiger partial charge in [-0.25, -0.2) is 4.57 Å². The number of hydrogen-bond donors (Lipinski definition) is 2. The quantitative estimate of drug-likeness (QED) is 0.0205. The van der Waals surface area contributed by atoms with Gasteiger partial charge in [-0.3, -0.25) is 18.6 Å². The summed E-state index contributed by atoms with van der Waals surface area (Å²) < 4.78 is 30.8. The summed E-state index contributed by atoms with van der Waals surface area (Å²) in [6.45, 7) is 6.98. The first-order chi connectivity index (χ1) is 37.4. The zero-order valence-corrected chi connectivity index (χ0v) is 52.3. The van der Waals surface area contributed by atoms with E-state index in [2.05, 4.69) is 74.7 Å². The van der Waals surface area contributed by atoms with Crippen LogP contribution in [0, 0.1) is 0 Å². The van der Waals surface area contributed by atoms with Gasteiger partial charge in [-0.1, -0.05) is 255 Å². The molecule has 0 aliphatic heterocycles. The lowest BCUT2D eigenvalue weighted by atomic mass is 10.0. The van der Waals surface area contributed by atoms with Gasteiger partial charge in [-0.2, -0.15) is 0 Å². The predicted molar refractivity (Wildman–Crippen MR) is 332 cm³/mol. The molecule has 2 N–H and O–H groups in total. The predicted octanol–water partition coefficient (Wildman–Crippen LogP) is 20.2. The Morgan fingerprint density at radius 2 is 0.792 bits per heavy atom. The number of ether oxygens (including phenoxy) is 1. The van der Waals surface area contributed by atoms with Crippen molar-refractivity contribution in [3.8, 4) is 0 Å². The van der Waals surface area contributed by atoms with E-state index in [-0.39, 0.29) is 31.5 Å². The van der Waals surface area contributed by atoms with Crippen molar-refractivity contribution in [3.63, 3.8) is 0 Å². The number of quaternary nitrogens is 1. The molecule has 0 aromatic carbocycles. The van der Waals surface area contributed by atoms with Gasteiger partial charge < -0.3 is 19.4 Å². The fraction of sp³-hybridized carbons (Fsp3) is 0.821. The molecular weight excluding hydrogens is 976 g/mol. The van der Waals surface area contributed by atoms with E-state index in [1.54, 1.807) is 0 Å². The molecule has 3 atom stereocenters. The highest BCUT2D eigenvalue weighted by Crippen LogP contribution is 2.43. The maximum Gasteiger partial charge on any atom is 0.472 e. The molecule has 0 saturated heterocycles. The number of carbonyl (C=O) groups is 2. The van der Waals surface area contributed by atoms with Crippen molar-refractivity contribution < 1.29 is 37.3 Å². The minimum Gasteiger partial charge on any atom is -0.456 e. The molecule has 0 aromatic heterocycles. The fourth-order valence-corrected chi connectivity index (χ4v) is 10.1. The molecular formula is C67H126N2O7P+. The zero-order chi connectivity index (χ0) is 56.4. The molecule has 0 aliphatic rings. The maximum absolute atomic E-state index is 13.6. The summed E-state index contributed by atoms with van der Waals surface area (Å²) in [5, 5.41) is 3.06. The van der Waals surface area contributed by atoms with Crippen molar-refractivity contribution in [2.75, 3.05) is 40.9 Å². The Morgan fingerprint density at radius 3 is 1.19 bits per heavy atom. The van der Waals surface area contributed by atoms with Gasteiger partial charge in [0.25, 0.3) is 0 Å². The number of unbranched alkanes of at least 4 members (excludes halogenated alkanes) is 35. The summed E-state index contributed by atoms with van der Waals surface area (Å²) in [6, 6.07) is -0.854. The fourth-order valence-electron chi connectivity index (χ4n) is 9.35. The zero-order valence-electron chi connectivity index (χ0n) is 51.5. The third-order valence-corrected chi connectivity index (χ3v) is 15.4. The lowest BCUT2D eigenvalue weighted by Crippen LogP contribution is -2.47. The molecule has 77 heavy (non-hydrogen) atoms. The number of phosphoric ester groups is 1. The number of nitrogens with one attached hydrogen (secondary N) is 1. The van der Waals surface area contributed by atoms with Crippen molar-refractivity contribution in [1.29, 1.82) is 0 Å². The Hall–Kier alpha value is -2.29. The largest absolute Gasteiger partial charge is 0.472 e. The summed E-state index contributed by atoms with van der Waals surface area (Å²) in [7, 11) is 1.49. The highest BCUT2D eigenvalue weighted by Gasteiger charge is 2.30. The monoisotopic (exact) mass is 1100 g/mol. The van der Waals surface area contributed by atoms with Crippen molar-refractivity contribution in [1.82, 2.24) is 5.32 Å². The highest BCUT2D eigenvalue weighted by molar-refractivity contribution is 7.47. The van der Waals surface area contributed by atoms with Gasteiger partial charge in [0, 0.05) is 12.8 Å². The van der Waals surface area contributed by atoms with Crippen LogP contribution < -0.4 is 5.32 Å². The second-order valence-corrected chi connectivity index (χ2v) is 24.7. The topological polar surface area (TPSA) is 111 Å². The van der Waals surface area contributed by atoms with Gasteiger partial charge in [0.05, 0.1) is 33.8 Å². The molecule has 1 amide bonds. The van der Waals surface area contributed by atoms with Crippen LogP contribution in [0.2, 0.25) is 0 Å². The summed E-state index contributed by atoms with van der Waals surface area (Å²) in [5.74, 6) is -0.508. The standard InChI is InChI=1S/C67H125N2O7P/c1-7-10-13-16-19-22-25-28-30-32-33-34-35-37-38-41-44-47-50-53-56-59-66(70)68-64(63-75-77(72,73)74-62-61-69(4,5)6)65(58-55-52-49-46-43-40-27-24-21-18-15-12-9-3)76-67(71)60-57-54-51-48-45-42-39-36-31-29-26-23-20-17-14-11-8-2/h19-20,22-23,28-31,55,58,64-65H,7-18,21,24-27,32-54,56-57,59-63H2,1-6H3,(H-,68,70,72,73)/p+1/b22-19-,23-20-,30-28-,31-29-,58-55-. The van der Waals surface area contributed by atoms with Crippen molar-refractivity contribution in [2.24, 2.45) is 0 Å². The van der Waals surface area contributed by atoms with Crippen LogP contribution in [0.1, 0.15) is 303 Å². The van der Waals surface area contributed by atoms with Gasteiger partial charge in [-0.15, -0.1) is 0 Å². The van der Waals surface area contributed by atoms with Gasteiger partial charge in [0.1, 0.15) is 19.3 Å². The molecule has 10 heteroatoms. The highest BCUT2D eigenvalue weighted by atomic mass is 31.2. The van der Waals surface area contributed by atoms with Crippen LogP contribution in [-0.2, 0) is 27.9 Å². The van der Waals surface area contributed by atoms with Crippen LogP contribution in [0.15, 0.2) is 60.8 Å². The summed E-state index contributed by atoms with van der Waals surface area (Å²) in [6.07, 6.45) is 72.1. The smallest absolute Gasteiger partial charge is 0.456 e. The maximum atomic E-state index is 13.6. The van der Waals surface area contributed by atoms with Crippen LogP contribution in [0.5, 0.6) is 0 Å². The van der Waals surface area contributed by atoms with Crippen LogP contribution in [0.3, 0.4) is 0 Å². The molecule has 0 bridgehead atoms. The van der Waals surface area contributed by atoms with Crippen LogP contribution >= 0.6 is 7.82 Å². The number of esters is 1. The third-order valence-electron chi connectivity index (χ3n) is 14.4. The molecule has 0 spiro atoms. The van der Waals surface area contributed by atoms with E-state index in [1.165, 1.54) is 186 Å². The number of amides is 1. The number of rotatable bonds is 59. The number of allylic oxidation sites excluding steroid dienone is 9. The lowest BCUT2D eigenvalue weighted by molar-refractivity contribution is -0.870. The Morgan fingerprint density at radius 1 is 0.455 bits per heavy atom. The number of nitrogens with zero attached hydrogens (tertiary/aromatic N) is 1. The van der Waals surface area contributed by atoms with Gasteiger partial charge in [0.15, 0.2) is 0 Å². The van der Waals surface area contributed by atoms with Gasteiger partial charge in [0.2, 0.25) is 5.91 Å². The Labute approximate surface area is 477 Å². The Kier molecular flexibility index (Phi) is 55.3. The van der Waals surface area contributed by atoms with Crippen LogP contribution in [0.4, 0.5) is 0 Å². The van der Waals surface area contributed by atoms with Gasteiger partial charge in [-0.05, 0) is 96.0 Å². The number of hydrogen-bond acceptors (Lipinski definition) is 6. The minimum absolute atomic E-state index is 0.0379. The number of carbonyl (C=O) groups excluding carboxylic acids is 2. The molecule has 0 aliphatic carbocycles. The normalized spacial score (nSPS) is 14.0. The van der Waals surface area contributed by atoms with E-state index in [0.29, 0.717) is 17.4 Å². The molecule has 9 nitrogen and oxygen atoms in total. The second kappa shape index (κ2) is 57.0. The lowest BCUT2D eigenvalue weighted by Gasteiger charge is -2.27. The average molecular weight is 1100 g/mol.